The Kier molecular flexibility index (Phi) is 13.5. The molecular formula is C45H47N11O3S2. The number of azo groups is 2. The number of benzene rings is 6. The zero-order valence-electron chi connectivity index (χ0n) is 34.6. The fraction of sp³-hybridized carbons (Fsp3) is 0.222. The van der Waals surface area contributed by atoms with E-state index in [2.05, 4.69) is 70.5 Å². The molecule has 0 radical (unpaired) electrons. The summed E-state index contributed by atoms with van der Waals surface area (Å²) in [6, 6.07) is 35.8. The Morgan fingerprint density at radius 2 is 1.08 bits per heavy atom. The van der Waals surface area contributed by atoms with Crippen molar-refractivity contribution in [2.24, 2.45) is 20.5 Å². The van der Waals surface area contributed by atoms with Crippen molar-refractivity contribution in [3.05, 3.63) is 115 Å². The number of anilines is 6. The van der Waals surface area contributed by atoms with Gasteiger partial charge in [0.1, 0.15) is 22.0 Å². The Bertz CT molecular complexity index is 2840. The van der Waals surface area contributed by atoms with Crippen LogP contribution in [-0.4, -0.2) is 59.9 Å². The quantitative estimate of drug-likeness (QED) is 0.0452. The molecule has 0 aliphatic heterocycles. The van der Waals surface area contributed by atoms with E-state index in [0.29, 0.717) is 39.0 Å². The van der Waals surface area contributed by atoms with Gasteiger partial charge in [-0.25, -0.2) is 0 Å². The van der Waals surface area contributed by atoms with Crippen LogP contribution in [0.5, 0.6) is 0 Å². The van der Waals surface area contributed by atoms with Crippen molar-refractivity contribution in [2.75, 3.05) is 52.4 Å². The molecule has 0 bridgehead atoms. The highest BCUT2D eigenvalue weighted by molar-refractivity contribution is 7.99. The van der Waals surface area contributed by atoms with Crippen LogP contribution in [0.25, 0.3) is 21.5 Å². The first-order valence-electron chi connectivity index (χ1n) is 20.1. The largest absolute Gasteiger partial charge is 0.372 e. The van der Waals surface area contributed by atoms with Gasteiger partial charge in [0.05, 0.1) is 17.1 Å². The third kappa shape index (κ3) is 9.94. The topological polar surface area (TPSA) is 173 Å². The van der Waals surface area contributed by atoms with Crippen LogP contribution in [0.4, 0.5) is 57.4 Å². The third-order valence-electron chi connectivity index (χ3n) is 10.0. The van der Waals surface area contributed by atoms with E-state index >= 15 is 0 Å². The number of rotatable bonds is 17. The van der Waals surface area contributed by atoms with Crippen molar-refractivity contribution in [3.8, 4) is 0 Å². The van der Waals surface area contributed by atoms with E-state index in [9.17, 15) is 13.0 Å². The van der Waals surface area contributed by atoms with E-state index in [0.717, 1.165) is 59.4 Å². The number of hydrogen-bond donors (Lipinski definition) is 3. The average Bonchev–Trinajstić information content (AvgIpc) is 3.26. The molecule has 3 N–H and O–H groups in total. The number of aromatic nitrogens is 3. The van der Waals surface area contributed by atoms with Gasteiger partial charge in [-0.2, -0.15) is 23.4 Å². The van der Waals surface area contributed by atoms with Crippen LogP contribution in [0.3, 0.4) is 0 Å². The molecule has 0 aliphatic rings. The first kappa shape index (κ1) is 42.6. The van der Waals surface area contributed by atoms with Crippen LogP contribution < -0.4 is 20.4 Å². The maximum Gasteiger partial charge on any atom is 0.296 e. The van der Waals surface area contributed by atoms with Crippen LogP contribution in [0.2, 0.25) is 0 Å². The van der Waals surface area contributed by atoms with Gasteiger partial charge in [0.15, 0.2) is 5.16 Å². The second kappa shape index (κ2) is 19.3. The zero-order valence-corrected chi connectivity index (χ0v) is 36.2. The molecule has 0 aliphatic carbocycles. The Morgan fingerprint density at radius 1 is 0.574 bits per heavy atom. The lowest BCUT2D eigenvalue weighted by Crippen LogP contribution is -2.21. The average molecular weight is 854 g/mol. The van der Waals surface area contributed by atoms with Gasteiger partial charge in [-0.3, -0.25) is 4.55 Å². The lowest BCUT2D eigenvalue weighted by atomic mass is 10.1. The molecule has 0 fully saturated rings. The van der Waals surface area contributed by atoms with Gasteiger partial charge >= 0.3 is 0 Å². The van der Waals surface area contributed by atoms with Gasteiger partial charge in [0.25, 0.3) is 10.1 Å². The smallest absolute Gasteiger partial charge is 0.296 e. The minimum absolute atomic E-state index is 0.0213. The minimum Gasteiger partial charge on any atom is -0.372 e. The van der Waals surface area contributed by atoms with Crippen molar-refractivity contribution in [1.29, 1.82) is 0 Å². The summed E-state index contributed by atoms with van der Waals surface area (Å²) >= 11 is 1.46. The number of nitrogens with one attached hydrogen (secondary N) is 2. The fourth-order valence-corrected chi connectivity index (χ4v) is 8.15. The SMILES string of the molecule is CCSc1nc(Nc2cc(N(CC)CC)ccc2/N=N/c2cccc3ccccc23)nc(Nc2cc(N(CC)CC)ccc2/N=N/c2c(S(=O)(=O)O)ccc3ccccc23)n1. The van der Waals surface area contributed by atoms with Gasteiger partial charge in [0.2, 0.25) is 11.9 Å². The summed E-state index contributed by atoms with van der Waals surface area (Å²) in [4.78, 5) is 18.5. The van der Waals surface area contributed by atoms with Crippen LogP contribution in [-0.2, 0) is 10.1 Å². The van der Waals surface area contributed by atoms with Gasteiger partial charge in [-0.05, 0) is 92.8 Å². The number of fused-ring (bicyclic) bond motifs is 2. The summed E-state index contributed by atoms with van der Waals surface area (Å²) in [6.07, 6.45) is 0. The molecule has 7 rings (SSSR count). The molecule has 14 nitrogen and oxygen atoms in total. The molecule has 61 heavy (non-hydrogen) atoms. The van der Waals surface area contributed by atoms with Crippen LogP contribution in [0.15, 0.2) is 146 Å². The zero-order chi connectivity index (χ0) is 42.9. The normalized spacial score (nSPS) is 11.8. The number of hydrogen-bond acceptors (Lipinski definition) is 14. The molecule has 7 aromatic rings. The third-order valence-corrected chi connectivity index (χ3v) is 11.6. The number of thioether (sulfide) groups is 1. The van der Waals surface area contributed by atoms with E-state index in [1.54, 1.807) is 24.3 Å². The molecule has 0 atom stereocenters. The molecule has 1 heterocycles. The van der Waals surface area contributed by atoms with Crippen molar-refractivity contribution in [2.45, 2.75) is 44.7 Å². The second-order valence-electron chi connectivity index (χ2n) is 13.7. The van der Waals surface area contributed by atoms with Crippen LogP contribution >= 0.6 is 11.8 Å². The van der Waals surface area contributed by atoms with E-state index in [1.807, 2.05) is 79.7 Å². The molecule has 0 saturated heterocycles. The Morgan fingerprint density at radius 3 is 1.64 bits per heavy atom. The summed E-state index contributed by atoms with van der Waals surface area (Å²) in [7, 11) is -4.62. The molecule has 0 saturated carbocycles. The maximum atomic E-state index is 12.5. The summed E-state index contributed by atoms with van der Waals surface area (Å²) in [5.74, 6) is 1.23. The Labute approximate surface area is 360 Å². The van der Waals surface area contributed by atoms with E-state index in [-0.39, 0.29) is 22.5 Å². The standard InChI is InChI=1S/C45H47N11O3S2/c1-6-55(7-2)32-23-25-37(52-51-36-21-15-18-30-16-11-13-19-34(30)36)39(28-32)46-43-48-44(50-45(49-43)60-10-5)47-40-29-33(56(8-3)9-4)24-26-38(40)53-54-42-35-20-14-12-17-31(35)22-27-41(42)61(57,58)59/h11-29H,6-10H2,1-5H3,(H,57,58,59)(H2,46,47,48,49,50)/b52-51+,54-53+. The molecule has 0 spiro atoms. The molecular weight excluding hydrogens is 807 g/mol. The molecule has 1 aromatic heterocycles. The summed E-state index contributed by atoms with van der Waals surface area (Å²) < 4.78 is 35.1. The Hall–Kier alpha value is -6.49. The van der Waals surface area contributed by atoms with E-state index in [1.165, 1.54) is 17.8 Å². The highest BCUT2D eigenvalue weighted by Crippen LogP contribution is 2.39. The Balaban J connectivity index is 1.30. The van der Waals surface area contributed by atoms with Crippen LogP contribution in [0.1, 0.15) is 34.6 Å². The molecule has 6 aromatic carbocycles. The first-order valence-corrected chi connectivity index (χ1v) is 22.6. The summed E-state index contributed by atoms with van der Waals surface area (Å²) in [5.41, 5.74) is 4.83. The van der Waals surface area contributed by atoms with Gasteiger partial charge in [-0.15, -0.1) is 20.5 Å². The second-order valence-corrected chi connectivity index (χ2v) is 16.3. The van der Waals surface area contributed by atoms with Gasteiger partial charge in [-0.1, -0.05) is 85.4 Å². The molecule has 0 unspecified atom stereocenters. The van der Waals surface area contributed by atoms with Gasteiger partial charge < -0.3 is 20.4 Å². The van der Waals surface area contributed by atoms with E-state index in [4.69, 9.17) is 25.2 Å². The first-order chi connectivity index (χ1) is 29.6. The summed E-state index contributed by atoms with van der Waals surface area (Å²) in [6.45, 7) is 13.5. The van der Waals surface area contributed by atoms with Crippen molar-refractivity contribution in [1.82, 2.24) is 15.0 Å². The lowest BCUT2D eigenvalue weighted by molar-refractivity contribution is 0.483. The molecule has 312 valence electrons. The summed E-state index contributed by atoms with van der Waals surface area (Å²) in [5, 5.41) is 29.1. The van der Waals surface area contributed by atoms with Crippen molar-refractivity contribution < 1.29 is 13.0 Å². The highest BCUT2D eigenvalue weighted by Gasteiger charge is 2.19. The highest BCUT2D eigenvalue weighted by atomic mass is 32.2. The minimum atomic E-state index is -4.62. The number of nitrogens with zero attached hydrogens (tertiary/aromatic N) is 9. The van der Waals surface area contributed by atoms with Crippen molar-refractivity contribution in [3.63, 3.8) is 0 Å². The maximum absolute atomic E-state index is 12.5. The monoisotopic (exact) mass is 853 g/mol. The van der Waals surface area contributed by atoms with E-state index < -0.39 is 10.1 Å². The fourth-order valence-electron chi connectivity index (χ4n) is 6.95. The predicted octanol–water partition coefficient (Wildman–Crippen LogP) is 12.5. The van der Waals surface area contributed by atoms with Gasteiger partial charge in [0, 0.05) is 48.3 Å². The van der Waals surface area contributed by atoms with Crippen molar-refractivity contribution >= 4 is 101 Å². The molecule has 16 heteroatoms. The van der Waals surface area contributed by atoms with Crippen LogP contribution in [0, 0.1) is 0 Å². The predicted molar refractivity (Wildman–Crippen MR) is 249 cm³/mol. The molecule has 0 amide bonds. The lowest BCUT2D eigenvalue weighted by Gasteiger charge is -2.22.